The van der Waals surface area contributed by atoms with E-state index in [0.717, 1.165) is 5.25 Å². The summed E-state index contributed by atoms with van der Waals surface area (Å²) in [6, 6.07) is 0. The Morgan fingerprint density at radius 1 is 1.29 bits per heavy atom. The smallest absolute Gasteiger partial charge is 0.0172 e. The van der Waals surface area contributed by atoms with E-state index in [2.05, 4.69) is 23.6 Å². The van der Waals surface area contributed by atoms with Crippen molar-refractivity contribution in [1.29, 1.82) is 0 Å². The Kier molecular flexibility index (Phi) is 5.19. The molecule has 2 nitrogen and oxygen atoms in total. The van der Waals surface area contributed by atoms with Crippen molar-refractivity contribution in [1.82, 2.24) is 4.90 Å². The molecule has 0 radical (unpaired) electrons. The van der Waals surface area contributed by atoms with Crippen LogP contribution in [0.1, 0.15) is 51.9 Å². The monoisotopic (exact) mass is 256 g/mol. The highest BCUT2D eigenvalue weighted by molar-refractivity contribution is 8.00. The molecule has 2 N–H and O–H groups in total. The molecular formula is C14H28N2S. The van der Waals surface area contributed by atoms with E-state index in [-0.39, 0.29) is 5.54 Å². The summed E-state index contributed by atoms with van der Waals surface area (Å²) < 4.78 is 0. The number of nitrogens with two attached hydrogens (primary N) is 1. The van der Waals surface area contributed by atoms with E-state index in [0.29, 0.717) is 0 Å². The normalized spacial score (nSPS) is 30.4. The number of rotatable bonds is 4. The van der Waals surface area contributed by atoms with Gasteiger partial charge in [0.15, 0.2) is 0 Å². The van der Waals surface area contributed by atoms with E-state index in [1.54, 1.807) is 0 Å². The van der Waals surface area contributed by atoms with Gasteiger partial charge in [0.1, 0.15) is 0 Å². The summed E-state index contributed by atoms with van der Waals surface area (Å²) >= 11 is 2.15. The SMILES string of the molecule is CCC1CN(CCC2(N)CCCCC2)CCS1. The Morgan fingerprint density at radius 3 is 2.76 bits per heavy atom. The van der Waals surface area contributed by atoms with Crippen LogP contribution in [0.4, 0.5) is 0 Å². The average Bonchev–Trinajstić information content (AvgIpc) is 2.38. The lowest BCUT2D eigenvalue weighted by molar-refractivity contribution is 0.211. The highest BCUT2D eigenvalue weighted by atomic mass is 32.2. The predicted octanol–water partition coefficient (Wildman–Crippen LogP) is 2.87. The minimum Gasteiger partial charge on any atom is -0.325 e. The van der Waals surface area contributed by atoms with Gasteiger partial charge in [-0.15, -0.1) is 0 Å². The molecule has 0 spiro atoms. The van der Waals surface area contributed by atoms with Gasteiger partial charge >= 0.3 is 0 Å². The van der Waals surface area contributed by atoms with Gasteiger partial charge in [0.05, 0.1) is 0 Å². The van der Waals surface area contributed by atoms with Crippen LogP contribution in [0.25, 0.3) is 0 Å². The number of thioether (sulfide) groups is 1. The highest BCUT2D eigenvalue weighted by Gasteiger charge is 2.28. The predicted molar refractivity (Wildman–Crippen MR) is 77.6 cm³/mol. The molecule has 0 amide bonds. The molecule has 0 bridgehead atoms. The molecule has 3 heteroatoms. The van der Waals surface area contributed by atoms with Crippen molar-refractivity contribution in [2.45, 2.75) is 62.7 Å². The summed E-state index contributed by atoms with van der Waals surface area (Å²) in [5.41, 5.74) is 6.68. The molecule has 1 aliphatic heterocycles. The lowest BCUT2D eigenvalue weighted by Crippen LogP contribution is -2.46. The summed E-state index contributed by atoms with van der Waals surface area (Å²) in [6.45, 7) is 6.11. The molecule has 2 aliphatic rings. The van der Waals surface area contributed by atoms with E-state index in [4.69, 9.17) is 5.73 Å². The third-order valence-corrected chi connectivity index (χ3v) is 5.83. The molecule has 0 aromatic carbocycles. The fraction of sp³-hybridized carbons (Fsp3) is 1.00. The van der Waals surface area contributed by atoms with E-state index in [9.17, 15) is 0 Å². The molecule has 1 saturated carbocycles. The van der Waals surface area contributed by atoms with Crippen LogP contribution in [0.2, 0.25) is 0 Å². The summed E-state index contributed by atoms with van der Waals surface area (Å²) in [5.74, 6) is 1.32. The largest absolute Gasteiger partial charge is 0.325 e. The Balaban J connectivity index is 1.73. The van der Waals surface area contributed by atoms with Crippen LogP contribution in [0.15, 0.2) is 0 Å². The molecule has 0 aromatic rings. The van der Waals surface area contributed by atoms with Crippen molar-refractivity contribution in [3.8, 4) is 0 Å². The van der Waals surface area contributed by atoms with Crippen LogP contribution in [0.5, 0.6) is 0 Å². The van der Waals surface area contributed by atoms with Crippen LogP contribution >= 0.6 is 11.8 Å². The summed E-state index contributed by atoms with van der Waals surface area (Å²) in [6.07, 6.45) is 9.15. The number of hydrogen-bond donors (Lipinski definition) is 1. The summed E-state index contributed by atoms with van der Waals surface area (Å²) in [4.78, 5) is 2.65. The van der Waals surface area contributed by atoms with Gasteiger partial charge in [0.25, 0.3) is 0 Å². The minimum atomic E-state index is 0.171. The Labute approximate surface area is 111 Å². The Morgan fingerprint density at radius 2 is 2.06 bits per heavy atom. The first-order chi connectivity index (χ1) is 8.22. The van der Waals surface area contributed by atoms with Crippen molar-refractivity contribution >= 4 is 11.8 Å². The Hall–Kier alpha value is 0.270. The van der Waals surface area contributed by atoms with Crippen LogP contribution in [-0.4, -0.2) is 41.1 Å². The van der Waals surface area contributed by atoms with Gasteiger partial charge in [-0.2, -0.15) is 11.8 Å². The van der Waals surface area contributed by atoms with E-state index < -0.39 is 0 Å². The molecular weight excluding hydrogens is 228 g/mol. The summed E-state index contributed by atoms with van der Waals surface area (Å²) in [7, 11) is 0. The van der Waals surface area contributed by atoms with E-state index >= 15 is 0 Å². The fourth-order valence-electron chi connectivity index (χ4n) is 3.12. The second-order valence-corrected chi connectivity index (χ2v) is 7.28. The third kappa shape index (κ3) is 4.15. The maximum atomic E-state index is 6.51. The zero-order chi connectivity index (χ0) is 12.1. The van der Waals surface area contributed by atoms with Crippen LogP contribution in [0, 0.1) is 0 Å². The quantitative estimate of drug-likeness (QED) is 0.838. The van der Waals surface area contributed by atoms with Crippen LogP contribution < -0.4 is 5.73 Å². The van der Waals surface area contributed by atoms with Crippen molar-refractivity contribution in [2.24, 2.45) is 5.73 Å². The second-order valence-electron chi connectivity index (χ2n) is 5.87. The molecule has 1 saturated heterocycles. The van der Waals surface area contributed by atoms with Gasteiger partial charge in [-0.1, -0.05) is 26.2 Å². The lowest BCUT2D eigenvalue weighted by atomic mass is 9.80. The van der Waals surface area contributed by atoms with Gasteiger partial charge in [-0.05, 0) is 32.2 Å². The van der Waals surface area contributed by atoms with E-state index in [1.807, 2.05) is 0 Å². The zero-order valence-electron chi connectivity index (χ0n) is 11.3. The first-order valence-electron chi connectivity index (χ1n) is 7.35. The second kappa shape index (κ2) is 6.44. The third-order valence-electron chi connectivity index (χ3n) is 4.45. The van der Waals surface area contributed by atoms with Gasteiger partial charge < -0.3 is 10.6 Å². The molecule has 100 valence electrons. The molecule has 2 fully saturated rings. The molecule has 1 unspecified atom stereocenters. The fourth-order valence-corrected chi connectivity index (χ4v) is 4.37. The van der Waals surface area contributed by atoms with E-state index in [1.165, 1.54) is 70.3 Å². The standard InChI is InChI=1S/C14H28N2S/c1-2-13-12-16(10-11-17-13)9-8-14(15)6-4-3-5-7-14/h13H,2-12,15H2,1H3. The maximum Gasteiger partial charge on any atom is 0.0172 e. The first kappa shape index (κ1) is 13.7. The van der Waals surface area contributed by atoms with Crippen molar-refractivity contribution < 1.29 is 0 Å². The molecule has 0 aromatic heterocycles. The Bertz CT molecular complexity index is 226. The molecule has 17 heavy (non-hydrogen) atoms. The van der Waals surface area contributed by atoms with Crippen LogP contribution in [0.3, 0.4) is 0 Å². The number of hydrogen-bond acceptors (Lipinski definition) is 3. The van der Waals surface area contributed by atoms with Crippen LogP contribution in [-0.2, 0) is 0 Å². The van der Waals surface area contributed by atoms with Gasteiger partial charge in [0, 0.05) is 29.6 Å². The number of nitrogens with zero attached hydrogens (tertiary/aromatic N) is 1. The van der Waals surface area contributed by atoms with Gasteiger partial charge in [0.2, 0.25) is 0 Å². The van der Waals surface area contributed by atoms with Crippen molar-refractivity contribution in [2.75, 3.05) is 25.4 Å². The lowest BCUT2D eigenvalue weighted by Gasteiger charge is -2.37. The molecule has 1 aliphatic carbocycles. The maximum absolute atomic E-state index is 6.51. The average molecular weight is 256 g/mol. The topological polar surface area (TPSA) is 29.3 Å². The highest BCUT2D eigenvalue weighted by Crippen LogP contribution is 2.29. The minimum absolute atomic E-state index is 0.171. The van der Waals surface area contributed by atoms with Crippen molar-refractivity contribution in [3.05, 3.63) is 0 Å². The van der Waals surface area contributed by atoms with Gasteiger partial charge in [-0.25, -0.2) is 0 Å². The zero-order valence-corrected chi connectivity index (χ0v) is 12.1. The molecule has 1 atom stereocenters. The molecule has 1 heterocycles. The summed E-state index contributed by atoms with van der Waals surface area (Å²) in [5, 5.41) is 0.865. The van der Waals surface area contributed by atoms with Gasteiger partial charge in [-0.3, -0.25) is 0 Å². The molecule has 2 rings (SSSR count). The first-order valence-corrected chi connectivity index (χ1v) is 8.39. The van der Waals surface area contributed by atoms with Crippen molar-refractivity contribution in [3.63, 3.8) is 0 Å².